The van der Waals surface area contributed by atoms with Gasteiger partial charge in [0.1, 0.15) is 4.75 Å². The summed E-state index contributed by atoms with van der Waals surface area (Å²) in [5.74, 6) is 6.38. The summed E-state index contributed by atoms with van der Waals surface area (Å²) >= 11 is 0. The van der Waals surface area contributed by atoms with Gasteiger partial charge in [-0.15, -0.1) is 0 Å². The summed E-state index contributed by atoms with van der Waals surface area (Å²) < 4.78 is 32.3. The van der Waals surface area contributed by atoms with E-state index in [0.29, 0.717) is 23.3 Å². The zero-order valence-corrected chi connectivity index (χ0v) is 15.9. The third-order valence-electron chi connectivity index (χ3n) is 4.85. The molecule has 1 aliphatic rings. The van der Waals surface area contributed by atoms with Gasteiger partial charge in [0.05, 0.1) is 5.69 Å². The fraction of sp³-hybridized carbons (Fsp3) is 0.647. The van der Waals surface area contributed by atoms with Gasteiger partial charge in [0.15, 0.2) is 9.84 Å². The Bertz CT molecular complexity index is 801. The van der Waals surface area contributed by atoms with E-state index in [2.05, 4.69) is 17.0 Å². The van der Waals surface area contributed by atoms with Crippen molar-refractivity contribution in [2.45, 2.75) is 37.4 Å². The number of carbonyl (C=O) groups excluding carboxylic acids is 1. The molecule has 0 aromatic carbocycles. The molecule has 2 N–H and O–H groups in total. The predicted octanol–water partition coefficient (Wildman–Crippen LogP) is 0.940. The molecule has 1 aromatic heterocycles. The van der Waals surface area contributed by atoms with Gasteiger partial charge >= 0.3 is 0 Å². The number of hydrogen-bond donors (Lipinski definition) is 2. The van der Waals surface area contributed by atoms with Crippen LogP contribution in [0.1, 0.15) is 37.6 Å². The van der Waals surface area contributed by atoms with Gasteiger partial charge in [0.2, 0.25) is 5.76 Å². The number of aryl methyl sites for hydroxylation is 1. The van der Waals surface area contributed by atoms with Gasteiger partial charge in [-0.1, -0.05) is 11.1 Å². The van der Waals surface area contributed by atoms with Gasteiger partial charge < -0.3 is 9.26 Å². The van der Waals surface area contributed by atoms with E-state index in [1.807, 2.05) is 0 Å². The Morgan fingerprint density at radius 3 is 2.81 bits per heavy atom. The summed E-state index contributed by atoms with van der Waals surface area (Å²) in [5.41, 5.74) is 1.92. The van der Waals surface area contributed by atoms with Crippen LogP contribution in [0.2, 0.25) is 0 Å². The van der Waals surface area contributed by atoms with Crippen molar-refractivity contribution in [3.63, 3.8) is 0 Å². The minimum atomic E-state index is -3.74. The highest BCUT2D eigenvalue weighted by Gasteiger charge is 2.43. The Kier molecular flexibility index (Phi) is 6.44. The molecule has 8 nitrogen and oxygen atoms in total. The average Bonchev–Trinajstić information content (AvgIpc) is 3.00. The summed E-state index contributed by atoms with van der Waals surface area (Å²) in [6.45, 7) is 2.02. The summed E-state index contributed by atoms with van der Waals surface area (Å²) in [6, 6.07) is 1.64. The maximum atomic E-state index is 11.9. The first-order valence-corrected chi connectivity index (χ1v) is 10.2. The largest absolute Gasteiger partial charge is 0.384 e. The molecule has 1 heterocycles. The Balaban J connectivity index is 1.95. The molecule has 1 unspecified atom stereocenters. The molecular formula is C17H24N2O6S. The van der Waals surface area contributed by atoms with Gasteiger partial charge in [-0.25, -0.2) is 13.9 Å². The Morgan fingerprint density at radius 2 is 2.23 bits per heavy atom. The maximum absolute atomic E-state index is 11.9. The number of rotatable bonds is 7. The van der Waals surface area contributed by atoms with E-state index in [1.54, 1.807) is 13.2 Å². The minimum absolute atomic E-state index is 0.0427. The molecule has 1 aliphatic carbocycles. The van der Waals surface area contributed by atoms with Crippen LogP contribution in [0.4, 0.5) is 0 Å². The fourth-order valence-electron chi connectivity index (χ4n) is 2.84. The van der Waals surface area contributed by atoms with Crippen LogP contribution in [0.5, 0.6) is 0 Å². The van der Waals surface area contributed by atoms with Crippen molar-refractivity contribution >= 4 is 15.7 Å². The van der Waals surface area contributed by atoms with E-state index in [0.717, 1.165) is 25.7 Å². The number of ether oxygens (including phenoxy) is 1. The van der Waals surface area contributed by atoms with Gasteiger partial charge in [0, 0.05) is 32.0 Å². The zero-order valence-electron chi connectivity index (χ0n) is 15.1. The molecule has 0 radical (unpaired) electrons. The molecule has 144 valence electrons. The molecular weight excluding hydrogens is 360 g/mol. The average molecular weight is 384 g/mol. The van der Waals surface area contributed by atoms with Crippen molar-refractivity contribution < 1.29 is 27.7 Å². The van der Waals surface area contributed by atoms with Crippen molar-refractivity contribution in [1.29, 1.82) is 0 Å². The molecule has 0 bridgehead atoms. The molecule has 2 rings (SSSR count). The first kappa shape index (κ1) is 20.4. The first-order chi connectivity index (χ1) is 12.2. The molecule has 1 saturated carbocycles. The zero-order chi connectivity index (χ0) is 19.4. The van der Waals surface area contributed by atoms with Crippen LogP contribution in [0.3, 0.4) is 0 Å². The van der Waals surface area contributed by atoms with Crippen LogP contribution in [0.15, 0.2) is 10.6 Å². The van der Waals surface area contributed by atoms with Crippen LogP contribution in [0.25, 0.3) is 0 Å². The molecule has 0 aliphatic heterocycles. The second-order valence-electron chi connectivity index (χ2n) is 6.89. The van der Waals surface area contributed by atoms with Crippen molar-refractivity contribution in [2.24, 2.45) is 11.8 Å². The standard InChI is InChI=1S/C17H24N2O6S/c1-17(16(20)18-21,26(3,22)23)7-6-14-10-15(25-19-14)5-4-12-8-13(9-12)11-24-2/h10,12-13,21H,6-9,11H2,1-3H3,(H,18,20). The van der Waals surface area contributed by atoms with Crippen molar-refractivity contribution in [3.8, 4) is 11.8 Å². The highest BCUT2D eigenvalue weighted by atomic mass is 32.2. The van der Waals surface area contributed by atoms with Crippen LogP contribution in [0, 0.1) is 23.7 Å². The van der Waals surface area contributed by atoms with E-state index < -0.39 is 20.5 Å². The summed E-state index contributed by atoms with van der Waals surface area (Å²) in [5, 5.41) is 12.7. The van der Waals surface area contributed by atoms with Gasteiger partial charge in [0.25, 0.3) is 5.91 Å². The van der Waals surface area contributed by atoms with Crippen LogP contribution in [-0.2, 0) is 25.8 Å². The first-order valence-electron chi connectivity index (χ1n) is 8.30. The van der Waals surface area contributed by atoms with Crippen LogP contribution in [-0.4, -0.2) is 49.4 Å². The summed E-state index contributed by atoms with van der Waals surface area (Å²) in [4.78, 5) is 11.8. The number of hydroxylamine groups is 1. The molecule has 0 saturated heterocycles. The molecule has 9 heteroatoms. The summed E-state index contributed by atoms with van der Waals surface area (Å²) in [6.07, 6.45) is 3.12. The lowest BCUT2D eigenvalue weighted by atomic mass is 9.76. The Hall–Kier alpha value is -1.89. The molecule has 1 aromatic rings. The van der Waals surface area contributed by atoms with Gasteiger partial charge in [-0.3, -0.25) is 10.0 Å². The SMILES string of the molecule is COCC1CC(C#Cc2cc(CCC(C)(C(=O)NO)S(C)(=O)=O)no2)C1. The third-order valence-corrected chi connectivity index (χ3v) is 6.88. The third kappa shape index (κ3) is 4.63. The second kappa shape index (κ2) is 8.20. The number of aromatic nitrogens is 1. The predicted molar refractivity (Wildman–Crippen MR) is 93.0 cm³/mol. The van der Waals surface area contributed by atoms with Crippen molar-refractivity contribution in [1.82, 2.24) is 10.6 Å². The lowest BCUT2D eigenvalue weighted by Gasteiger charge is -2.30. The van der Waals surface area contributed by atoms with E-state index >= 15 is 0 Å². The van der Waals surface area contributed by atoms with Crippen molar-refractivity contribution in [3.05, 3.63) is 17.5 Å². The number of amides is 1. The van der Waals surface area contributed by atoms with E-state index in [9.17, 15) is 13.2 Å². The number of hydrogen-bond acceptors (Lipinski definition) is 7. The van der Waals surface area contributed by atoms with E-state index in [-0.39, 0.29) is 12.8 Å². The lowest BCUT2D eigenvalue weighted by Crippen LogP contribution is -2.49. The summed E-state index contributed by atoms with van der Waals surface area (Å²) in [7, 11) is -2.05. The molecule has 1 amide bonds. The lowest BCUT2D eigenvalue weighted by molar-refractivity contribution is -0.131. The number of nitrogens with one attached hydrogen (secondary N) is 1. The maximum Gasteiger partial charge on any atom is 0.264 e. The van der Waals surface area contributed by atoms with Gasteiger partial charge in [-0.05, 0) is 44.4 Å². The number of nitrogens with zero attached hydrogens (tertiary/aromatic N) is 1. The topological polar surface area (TPSA) is 119 Å². The quantitative estimate of drug-likeness (QED) is 0.408. The number of methoxy groups -OCH3 is 1. The Labute approximate surface area is 153 Å². The number of carbonyl (C=O) groups is 1. The highest BCUT2D eigenvalue weighted by Crippen LogP contribution is 2.33. The van der Waals surface area contributed by atoms with Crippen LogP contribution < -0.4 is 5.48 Å². The van der Waals surface area contributed by atoms with Gasteiger partial charge in [-0.2, -0.15) is 0 Å². The van der Waals surface area contributed by atoms with Crippen molar-refractivity contribution in [2.75, 3.05) is 20.0 Å². The monoisotopic (exact) mass is 384 g/mol. The molecule has 0 spiro atoms. The second-order valence-corrected chi connectivity index (χ2v) is 9.33. The molecule has 26 heavy (non-hydrogen) atoms. The highest BCUT2D eigenvalue weighted by molar-refractivity contribution is 7.92. The molecule has 1 fully saturated rings. The number of sulfone groups is 1. The molecule has 1 atom stereocenters. The van der Waals surface area contributed by atoms with E-state index in [4.69, 9.17) is 14.5 Å². The minimum Gasteiger partial charge on any atom is -0.384 e. The normalized spacial score (nSPS) is 21.8. The Morgan fingerprint density at radius 1 is 1.54 bits per heavy atom. The smallest absolute Gasteiger partial charge is 0.264 e. The fourth-order valence-corrected chi connectivity index (χ4v) is 3.69. The van der Waals surface area contributed by atoms with Crippen LogP contribution >= 0.6 is 0 Å². The van der Waals surface area contributed by atoms with E-state index in [1.165, 1.54) is 12.4 Å².